The Morgan fingerprint density at radius 3 is 2.65 bits per heavy atom. The Bertz CT molecular complexity index is 905. The lowest BCUT2D eigenvalue weighted by Gasteiger charge is -2.07. The van der Waals surface area contributed by atoms with Crippen LogP contribution in [0.4, 0.5) is 0 Å². The molecule has 3 rings (SSSR count). The van der Waals surface area contributed by atoms with Gasteiger partial charge in [0.15, 0.2) is 18.1 Å². The zero-order valence-electron chi connectivity index (χ0n) is 14.8. The van der Waals surface area contributed by atoms with Crippen LogP contribution in [0.5, 0.6) is 11.5 Å². The van der Waals surface area contributed by atoms with E-state index in [1.165, 1.54) is 0 Å². The summed E-state index contributed by atoms with van der Waals surface area (Å²) >= 11 is 0. The van der Waals surface area contributed by atoms with Gasteiger partial charge in [-0.25, -0.2) is 0 Å². The molecule has 2 aromatic carbocycles. The lowest BCUT2D eigenvalue weighted by Crippen LogP contribution is -1.93. The van der Waals surface area contributed by atoms with Crippen LogP contribution in [-0.4, -0.2) is 30.6 Å². The highest BCUT2D eigenvalue weighted by Crippen LogP contribution is 2.27. The van der Waals surface area contributed by atoms with Crippen LogP contribution in [0.25, 0.3) is 11.4 Å². The van der Waals surface area contributed by atoms with Crippen LogP contribution in [0.2, 0.25) is 0 Å². The Kier molecular flexibility index (Phi) is 5.48. The van der Waals surface area contributed by atoms with Gasteiger partial charge in [-0.15, -0.1) is 0 Å². The highest BCUT2D eigenvalue weighted by Gasteiger charge is 2.10. The fourth-order valence-corrected chi connectivity index (χ4v) is 2.37. The number of nitrogens with zero attached hydrogens (tertiary/aromatic N) is 3. The SMILES string of the molecule is COc1ccc(/C=N/OCc2nc(-c3ccccc3C)no2)cc1OC. The van der Waals surface area contributed by atoms with E-state index in [1.807, 2.05) is 37.3 Å². The van der Waals surface area contributed by atoms with E-state index in [2.05, 4.69) is 15.3 Å². The maximum Gasteiger partial charge on any atom is 0.267 e. The average Bonchev–Trinajstić information content (AvgIpc) is 3.14. The molecule has 0 N–H and O–H groups in total. The van der Waals surface area contributed by atoms with Gasteiger partial charge in [0, 0.05) is 11.1 Å². The molecule has 0 unspecified atom stereocenters. The van der Waals surface area contributed by atoms with Gasteiger partial charge in [-0.1, -0.05) is 34.6 Å². The second kappa shape index (κ2) is 8.15. The van der Waals surface area contributed by atoms with E-state index in [0.717, 1.165) is 16.7 Å². The van der Waals surface area contributed by atoms with Crippen LogP contribution < -0.4 is 9.47 Å². The van der Waals surface area contributed by atoms with Gasteiger partial charge in [0.1, 0.15) is 0 Å². The number of aromatic nitrogens is 2. The molecule has 0 fully saturated rings. The van der Waals surface area contributed by atoms with Gasteiger partial charge in [0.2, 0.25) is 5.82 Å². The van der Waals surface area contributed by atoms with Crippen molar-refractivity contribution in [3.63, 3.8) is 0 Å². The van der Waals surface area contributed by atoms with Crippen LogP contribution in [0.3, 0.4) is 0 Å². The quantitative estimate of drug-likeness (QED) is 0.477. The molecule has 0 saturated heterocycles. The number of hydrogen-bond donors (Lipinski definition) is 0. The van der Waals surface area contributed by atoms with Gasteiger partial charge in [0.05, 0.1) is 20.4 Å². The van der Waals surface area contributed by atoms with Gasteiger partial charge >= 0.3 is 0 Å². The lowest BCUT2D eigenvalue weighted by molar-refractivity contribution is 0.107. The maximum atomic E-state index is 5.25. The molecule has 0 bridgehead atoms. The van der Waals surface area contributed by atoms with Gasteiger partial charge in [0.25, 0.3) is 5.89 Å². The first kappa shape index (κ1) is 17.5. The highest BCUT2D eigenvalue weighted by molar-refractivity contribution is 5.80. The number of oxime groups is 1. The van der Waals surface area contributed by atoms with Crippen LogP contribution in [-0.2, 0) is 11.4 Å². The summed E-state index contributed by atoms with van der Waals surface area (Å²) in [4.78, 5) is 9.56. The summed E-state index contributed by atoms with van der Waals surface area (Å²) in [6.07, 6.45) is 1.57. The largest absolute Gasteiger partial charge is 0.493 e. The van der Waals surface area contributed by atoms with Crippen LogP contribution in [0.1, 0.15) is 17.0 Å². The average molecular weight is 353 g/mol. The van der Waals surface area contributed by atoms with Crippen molar-refractivity contribution in [1.29, 1.82) is 0 Å². The Balaban J connectivity index is 1.60. The fourth-order valence-electron chi connectivity index (χ4n) is 2.37. The molecular weight excluding hydrogens is 334 g/mol. The minimum absolute atomic E-state index is 0.0860. The van der Waals surface area contributed by atoms with Gasteiger partial charge in [-0.05, 0) is 30.7 Å². The van der Waals surface area contributed by atoms with Crippen molar-refractivity contribution in [3.05, 3.63) is 59.5 Å². The summed E-state index contributed by atoms with van der Waals surface area (Å²) in [5.74, 6) is 2.16. The summed E-state index contributed by atoms with van der Waals surface area (Å²) in [5, 5.41) is 7.90. The Morgan fingerprint density at radius 2 is 1.88 bits per heavy atom. The third kappa shape index (κ3) is 4.00. The topological polar surface area (TPSA) is 79.0 Å². The molecule has 1 heterocycles. The van der Waals surface area contributed by atoms with E-state index in [1.54, 1.807) is 32.6 Å². The summed E-state index contributed by atoms with van der Waals surface area (Å²) < 4.78 is 15.6. The first-order chi connectivity index (χ1) is 12.7. The molecule has 0 amide bonds. The minimum Gasteiger partial charge on any atom is -0.493 e. The zero-order chi connectivity index (χ0) is 18.4. The molecule has 0 spiro atoms. The molecule has 0 radical (unpaired) electrons. The van der Waals surface area contributed by atoms with Crippen molar-refractivity contribution in [2.75, 3.05) is 14.2 Å². The minimum atomic E-state index is 0.0860. The molecule has 0 aliphatic heterocycles. The van der Waals surface area contributed by atoms with E-state index >= 15 is 0 Å². The van der Waals surface area contributed by atoms with Crippen LogP contribution in [0.15, 0.2) is 52.1 Å². The molecule has 0 saturated carbocycles. The number of aryl methyl sites for hydroxylation is 1. The number of hydrogen-bond acceptors (Lipinski definition) is 7. The molecule has 0 atom stereocenters. The lowest BCUT2D eigenvalue weighted by atomic mass is 10.1. The number of benzene rings is 2. The molecule has 0 aliphatic rings. The molecule has 26 heavy (non-hydrogen) atoms. The third-order valence-corrected chi connectivity index (χ3v) is 3.73. The first-order valence-electron chi connectivity index (χ1n) is 7.97. The summed E-state index contributed by atoms with van der Waals surface area (Å²) in [7, 11) is 3.17. The number of ether oxygens (including phenoxy) is 2. The molecule has 3 aromatic rings. The number of methoxy groups -OCH3 is 2. The van der Waals surface area contributed by atoms with E-state index in [-0.39, 0.29) is 6.61 Å². The van der Waals surface area contributed by atoms with Crippen LogP contribution in [0, 0.1) is 6.92 Å². The predicted octanol–water partition coefficient (Wildman–Crippen LogP) is 3.61. The molecule has 0 aliphatic carbocycles. The monoisotopic (exact) mass is 353 g/mol. The summed E-state index contributed by atoms with van der Waals surface area (Å²) in [6, 6.07) is 13.3. The first-order valence-corrected chi connectivity index (χ1v) is 7.97. The van der Waals surface area contributed by atoms with Crippen molar-refractivity contribution in [2.24, 2.45) is 5.16 Å². The van der Waals surface area contributed by atoms with Crippen molar-refractivity contribution in [2.45, 2.75) is 13.5 Å². The normalized spacial score (nSPS) is 10.9. The van der Waals surface area contributed by atoms with Crippen molar-refractivity contribution < 1.29 is 18.8 Å². The Labute approximate surface area is 151 Å². The van der Waals surface area contributed by atoms with Crippen molar-refractivity contribution in [3.8, 4) is 22.9 Å². The van der Waals surface area contributed by atoms with Gasteiger partial charge in [-0.3, -0.25) is 0 Å². The smallest absolute Gasteiger partial charge is 0.267 e. The molecule has 1 aromatic heterocycles. The Hall–Kier alpha value is -3.35. The van der Waals surface area contributed by atoms with Crippen molar-refractivity contribution in [1.82, 2.24) is 10.1 Å². The van der Waals surface area contributed by atoms with Gasteiger partial charge in [-0.2, -0.15) is 4.98 Å². The second-order valence-corrected chi connectivity index (χ2v) is 5.45. The second-order valence-electron chi connectivity index (χ2n) is 5.45. The standard InChI is InChI=1S/C19H19N3O4/c1-13-6-4-5-7-15(13)19-21-18(26-22-19)12-25-20-11-14-8-9-16(23-2)17(10-14)24-3/h4-11H,12H2,1-3H3/b20-11+. The van der Waals surface area contributed by atoms with Crippen molar-refractivity contribution >= 4 is 6.21 Å². The highest BCUT2D eigenvalue weighted by atomic mass is 16.6. The van der Waals surface area contributed by atoms with E-state index in [9.17, 15) is 0 Å². The third-order valence-electron chi connectivity index (χ3n) is 3.73. The summed E-state index contributed by atoms with van der Waals surface area (Å²) in [6.45, 7) is 2.08. The van der Waals surface area contributed by atoms with E-state index in [0.29, 0.717) is 23.2 Å². The maximum absolute atomic E-state index is 5.25. The predicted molar refractivity (Wildman–Crippen MR) is 96.4 cm³/mol. The Morgan fingerprint density at radius 1 is 1.08 bits per heavy atom. The van der Waals surface area contributed by atoms with Crippen LogP contribution >= 0.6 is 0 Å². The molecule has 7 nitrogen and oxygen atoms in total. The fraction of sp³-hybridized carbons (Fsp3) is 0.211. The number of rotatable bonds is 7. The zero-order valence-corrected chi connectivity index (χ0v) is 14.8. The van der Waals surface area contributed by atoms with E-state index in [4.69, 9.17) is 18.8 Å². The molecule has 7 heteroatoms. The van der Waals surface area contributed by atoms with Gasteiger partial charge < -0.3 is 18.8 Å². The summed E-state index contributed by atoms with van der Waals surface area (Å²) in [5.41, 5.74) is 2.82. The van der Waals surface area contributed by atoms with E-state index < -0.39 is 0 Å². The molecule has 134 valence electrons. The molecular formula is C19H19N3O4.